The highest BCUT2D eigenvalue weighted by atomic mass is 16.3. The van der Waals surface area contributed by atoms with Gasteiger partial charge in [0, 0.05) is 25.2 Å². The average Bonchev–Trinajstić information content (AvgIpc) is 1.92. The molecule has 4 heteroatoms. The quantitative estimate of drug-likeness (QED) is 0.331. The van der Waals surface area contributed by atoms with Crippen molar-refractivity contribution in [3.05, 3.63) is 0 Å². The molecule has 11 heavy (non-hydrogen) atoms. The number of aliphatic hydroxyl groups is 2. The lowest BCUT2D eigenvalue weighted by molar-refractivity contribution is -0.0445. The molecule has 2 aliphatic rings. The number of piperidine rings is 1. The van der Waals surface area contributed by atoms with Crippen molar-refractivity contribution in [2.75, 3.05) is 19.6 Å². The molecule has 2 atom stereocenters. The Morgan fingerprint density at radius 3 is 2.36 bits per heavy atom. The summed E-state index contributed by atoms with van der Waals surface area (Å²) in [4.78, 5) is 0. The van der Waals surface area contributed by atoms with E-state index in [4.69, 9.17) is 0 Å². The third-order valence-corrected chi connectivity index (χ3v) is 2.66. The van der Waals surface area contributed by atoms with Gasteiger partial charge in [-0.05, 0) is 6.42 Å². The van der Waals surface area contributed by atoms with E-state index in [0.29, 0.717) is 13.0 Å². The number of hydrogen-bond acceptors (Lipinski definition) is 4. The Labute approximate surface area is 65.6 Å². The highest BCUT2D eigenvalue weighted by Crippen LogP contribution is 2.23. The fourth-order valence-corrected chi connectivity index (χ4v) is 1.76. The van der Waals surface area contributed by atoms with Gasteiger partial charge in [-0.1, -0.05) is 0 Å². The van der Waals surface area contributed by atoms with E-state index in [1.807, 2.05) is 0 Å². The van der Waals surface area contributed by atoms with E-state index in [0.717, 1.165) is 13.1 Å². The van der Waals surface area contributed by atoms with Gasteiger partial charge in [0.1, 0.15) is 0 Å². The maximum Gasteiger partial charge on any atom is 0.0924 e. The molecule has 2 saturated heterocycles. The summed E-state index contributed by atoms with van der Waals surface area (Å²) in [6, 6.07) is 0. The summed E-state index contributed by atoms with van der Waals surface area (Å²) >= 11 is 0. The maximum atomic E-state index is 9.36. The molecule has 4 nitrogen and oxygen atoms in total. The molecule has 4 N–H and O–H groups in total. The van der Waals surface area contributed by atoms with Crippen LogP contribution in [0.15, 0.2) is 0 Å². The van der Waals surface area contributed by atoms with Gasteiger partial charge in [-0.3, -0.25) is 0 Å². The minimum Gasteiger partial charge on any atom is -0.390 e. The van der Waals surface area contributed by atoms with E-state index in [2.05, 4.69) is 10.6 Å². The molecule has 0 unspecified atom stereocenters. The third kappa shape index (κ3) is 1.16. The SMILES string of the molecule is O[C@@H]1CNC2(CNC2)C[C@@H]1O. The number of β-amino-alcohol motifs (C(OH)–C–C–N with tert-alkyl or cyclic N) is 1. The highest BCUT2D eigenvalue weighted by Gasteiger charge is 2.43. The Hall–Kier alpha value is -0.160. The number of nitrogens with one attached hydrogen (secondary N) is 2. The average molecular weight is 158 g/mol. The number of hydrogen-bond donors (Lipinski definition) is 4. The molecule has 2 aliphatic heterocycles. The molecule has 1 spiro atoms. The van der Waals surface area contributed by atoms with E-state index in [9.17, 15) is 10.2 Å². The van der Waals surface area contributed by atoms with Gasteiger partial charge in [0.05, 0.1) is 12.2 Å². The molecule has 64 valence electrons. The molecule has 0 amide bonds. The topological polar surface area (TPSA) is 64.5 Å². The fourth-order valence-electron chi connectivity index (χ4n) is 1.76. The molecule has 0 aliphatic carbocycles. The van der Waals surface area contributed by atoms with E-state index >= 15 is 0 Å². The van der Waals surface area contributed by atoms with Crippen molar-refractivity contribution in [1.82, 2.24) is 10.6 Å². The predicted octanol–water partition coefficient (Wildman–Crippen LogP) is -1.96. The van der Waals surface area contributed by atoms with Crippen LogP contribution in [0.4, 0.5) is 0 Å². The Kier molecular flexibility index (Phi) is 1.64. The van der Waals surface area contributed by atoms with E-state index in [-0.39, 0.29) is 5.54 Å². The van der Waals surface area contributed by atoms with Gasteiger partial charge in [-0.25, -0.2) is 0 Å². The van der Waals surface area contributed by atoms with Gasteiger partial charge in [-0.15, -0.1) is 0 Å². The fraction of sp³-hybridized carbons (Fsp3) is 1.00. The molecule has 0 radical (unpaired) electrons. The van der Waals surface area contributed by atoms with Crippen LogP contribution in [0.5, 0.6) is 0 Å². The zero-order valence-corrected chi connectivity index (χ0v) is 6.38. The van der Waals surface area contributed by atoms with E-state index in [1.165, 1.54) is 0 Å². The first-order chi connectivity index (χ1) is 5.22. The van der Waals surface area contributed by atoms with Gasteiger partial charge in [-0.2, -0.15) is 0 Å². The lowest BCUT2D eigenvalue weighted by Crippen LogP contribution is -2.73. The summed E-state index contributed by atoms with van der Waals surface area (Å²) in [7, 11) is 0. The first-order valence-electron chi connectivity index (χ1n) is 4.04. The van der Waals surface area contributed by atoms with Gasteiger partial charge in [0.25, 0.3) is 0 Å². The Balaban J connectivity index is 1.97. The second-order valence-electron chi connectivity index (χ2n) is 3.60. The van der Waals surface area contributed by atoms with Crippen LogP contribution in [-0.4, -0.2) is 47.6 Å². The zero-order valence-electron chi connectivity index (χ0n) is 6.38. The monoisotopic (exact) mass is 158 g/mol. The van der Waals surface area contributed by atoms with Crippen molar-refractivity contribution in [3.63, 3.8) is 0 Å². The van der Waals surface area contributed by atoms with E-state index < -0.39 is 12.2 Å². The molecule has 0 saturated carbocycles. The standard InChI is InChI=1S/C7H14N2O2/c10-5-1-7(3-8-4-7)9-2-6(5)11/h5-6,8-11H,1-4H2/t5-,6+/m0/s1. The van der Waals surface area contributed by atoms with Gasteiger partial charge in [0.2, 0.25) is 0 Å². The van der Waals surface area contributed by atoms with Crippen molar-refractivity contribution in [1.29, 1.82) is 0 Å². The Morgan fingerprint density at radius 1 is 1.18 bits per heavy atom. The molecule has 0 aromatic heterocycles. The molecule has 2 rings (SSSR count). The third-order valence-electron chi connectivity index (χ3n) is 2.66. The van der Waals surface area contributed by atoms with Crippen molar-refractivity contribution in [2.45, 2.75) is 24.2 Å². The van der Waals surface area contributed by atoms with Crippen LogP contribution in [0.3, 0.4) is 0 Å². The first-order valence-corrected chi connectivity index (χ1v) is 4.04. The van der Waals surface area contributed by atoms with Crippen molar-refractivity contribution in [3.8, 4) is 0 Å². The number of aliphatic hydroxyl groups excluding tert-OH is 2. The molecule has 2 fully saturated rings. The molecular weight excluding hydrogens is 144 g/mol. The van der Waals surface area contributed by atoms with E-state index in [1.54, 1.807) is 0 Å². The Morgan fingerprint density at radius 2 is 1.91 bits per heavy atom. The van der Waals surface area contributed by atoms with Gasteiger partial charge < -0.3 is 20.8 Å². The summed E-state index contributed by atoms with van der Waals surface area (Å²) < 4.78 is 0. The molecular formula is C7H14N2O2. The maximum absolute atomic E-state index is 9.36. The van der Waals surface area contributed by atoms with Crippen LogP contribution in [0.2, 0.25) is 0 Å². The van der Waals surface area contributed by atoms with Crippen LogP contribution in [0, 0.1) is 0 Å². The van der Waals surface area contributed by atoms with Crippen molar-refractivity contribution < 1.29 is 10.2 Å². The van der Waals surface area contributed by atoms with Crippen LogP contribution >= 0.6 is 0 Å². The van der Waals surface area contributed by atoms with Gasteiger partial charge >= 0.3 is 0 Å². The lowest BCUT2D eigenvalue weighted by Gasteiger charge is -2.49. The number of rotatable bonds is 0. The summed E-state index contributed by atoms with van der Waals surface area (Å²) in [5.74, 6) is 0. The summed E-state index contributed by atoms with van der Waals surface area (Å²) in [6.45, 7) is 2.34. The van der Waals surface area contributed by atoms with Crippen LogP contribution in [0.25, 0.3) is 0 Å². The molecule has 0 bridgehead atoms. The summed E-state index contributed by atoms with van der Waals surface area (Å²) in [5.41, 5.74) is 0.0820. The zero-order chi connectivity index (χ0) is 7.90. The summed E-state index contributed by atoms with van der Waals surface area (Å²) in [5, 5.41) is 24.9. The normalized spacial score (nSPS) is 42.0. The highest BCUT2D eigenvalue weighted by molar-refractivity contribution is 5.05. The van der Waals surface area contributed by atoms with Crippen molar-refractivity contribution in [2.24, 2.45) is 0 Å². The minimum atomic E-state index is -0.582. The van der Waals surface area contributed by atoms with Gasteiger partial charge in [0.15, 0.2) is 0 Å². The van der Waals surface area contributed by atoms with Crippen LogP contribution in [0.1, 0.15) is 6.42 Å². The second-order valence-corrected chi connectivity index (χ2v) is 3.60. The smallest absolute Gasteiger partial charge is 0.0924 e. The van der Waals surface area contributed by atoms with Crippen LogP contribution < -0.4 is 10.6 Å². The first kappa shape index (κ1) is 7.49. The van der Waals surface area contributed by atoms with Crippen molar-refractivity contribution >= 4 is 0 Å². The molecule has 2 heterocycles. The lowest BCUT2D eigenvalue weighted by atomic mass is 9.81. The Bertz CT molecular complexity index is 159. The second kappa shape index (κ2) is 2.42. The largest absolute Gasteiger partial charge is 0.390 e. The van der Waals surface area contributed by atoms with Crippen LogP contribution in [-0.2, 0) is 0 Å². The molecule has 0 aromatic rings. The predicted molar refractivity (Wildman–Crippen MR) is 40.2 cm³/mol. The molecule has 0 aromatic carbocycles. The minimum absolute atomic E-state index is 0.0820. The summed E-state index contributed by atoms with van der Waals surface area (Å²) in [6.07, 6.45) is -0.458.